The molecule has 0 aliphatic rings. The fourth-order valence-corrected chi connectivity index (χ4v) is 2.68. The third-order valence-corrected chi connectivity index (χ3v) is 3.91. The number of hydrogen-bond donors (Lipinski definition) is 2. The number of hydrazine groups is 1. The highest BCUT2D eigenvalue weighted by molar-refractivity contribution is 7.99. The van der Waals surface area contributed by atoms with Gasteiger partial charge >= 0.3 is 0 Å². The van der Waals surface area contributed by atoms with Gasteiger partial charge in [0.25, 0.3) is 0 Å². The van der Waals surface area contributed by atoms with Crippen LogP contribution in [0.2, 0.25) is 0 Å². The van der Waals surface area contributed by atoms with E-state index in [2.05, 4.69) is 44.4 Å². The molecule has 0 aromatic heterocycles. The smallest absolute Gasteiger partial charge is 0.0553 e. The molecule has 90 valence electrons. The predicted molar refractivity (Wildman–Crippen MR) is 73.6 cm³/mol. The Morgan fingerprint density at radius 2 is 2.12 bits per heavy atom. The summed E-state index contributed by atoms with van der Waals surface area (Å²) in [6.45, 7) is 6.47. The molecule has 0 spiro atoms. The largest absolute Gasteiger partial charge is 0.271 e. The van der Waals surface area contributed by atoms with Gasteiger partial charge in [-0.2, -0.15) is 11.8 Å². The zero-order chi connectivity index (χ0) is 12.0. The summed E-state index contributed by atoms with van der Waals surface area (Å²) in [5.41, 5.74) is 6.85. The Balaban J connectivity index is 2.73. The second kappa shape index (κ2) is 6.94. The molecular weight excluding hydrogens is 216 g/mol. The summed E-state index contributed by atoms with van der Waals surface area (Å²) in [7, 11) is 0. The molecule has 0 aliphatic heterocycles. The van der Waals surface area contributed by atoms with E-state index in [9.17, 15) is 0 Å². The molecule has 1 aromatic carbocycles. The lowest BCUT2D eigenvalue weighted by atomic mass is 10.0. The summed E-state index contributed by atoms with van der Waals surface area (Å²) in [6, 6.07) is 6.80. The highest BCUT2D eigenvalue weighted by Crippen LogP contribution is 2.22. The van der Waals surface area contributed by atoms with Crippen LogP contribution < -0.4 is 11.3 Å². The first-order valence-electron chi connectivity index (χ1n) is 5.80. The summed E-state index contributed by atoms with van der Waals surface area (Å²) in [5.74, 6) is 7.88. The topological polar surface area (TPSA) is 38.0 Å². The Bertz CT molecular complexity index is 326. The minimum atomic E-state index is 0.261. The van der Waals surface area contributed by atoms with Crippen molar-refractivity contribution in [2.24, 2.45) is 5.84 Å². The summed E-state index contributed by atoms with van der Waals surface area (Å²) in [4.78, 5) is 0. The first-order chi connectivity index (χ1) is 7.69. The molecule has 0 fully saturated rings. The van der Waals surface area contributed by atoms with Gasteiger partial charge in [-0.3, -0.25) is 11.3 Å². The molecule has 0 radical (unpaired) electrons. The van der Waals surface area contributed by atoms with Crippen LogP contribution in [-0.4, -0.2) is 11.5 Å². The molecule has 1 rings (SSSR count). The summed E-state index contributed by atoms with van der Waals surface area (Å²) in [6.07, 6.45) is 1.22. The van der Waals surface area contributed by atoms with Gasteiger partial charge in [-0.05, 0) is 37.1 Å². The van der Waals surface area contributed by atoms with E-state index < -0.39 is 0 Å². The number of benzene rings is 1. The van der Waals surface area contributed by atoms with E-state index >= 15 is 0 Å². The number of aryl methyl sites for hydroxylation is 2. The van der Waals surface area contributed by atoms with Crippen LogP contribution in [0.15, 0.2) is 18.2 Å². The van der Waals surface area contributed by atoms with Gasteiger partial charge in [-0.15, -0.1) is 0 Å². The Hall–Kier alpha value is -0.510. The quantitative estimate of drug-likeness (QED) is 0.454. The second-order valence-corrected chi connectivity index (χ2v) is 5.30. The van der Waals surface area contributed by atoms with Crippen LogP contribution >= 0.6 is 11.8 Å². The lowest BCUT2D eigenvalue weighted by Crippen LogP contribution is -2.30. The molecule has 1 atom stereocenters. The van der Waals surface area contributed by atoms with Crippen molar-refractivity contribution in [3.05, 3.63) is 34.9 Å². The molecule has 0 heterocycles. The Kier molecular flexibility index (Phi) is 5.88. The van der Waals surface area contributed by atoms with E-state index in [0.29, 0.717) is 0 Å². The highest BCUT2D eigenvalue weighted by Gasteiger charge is 2.11. The van der Waals surface area contributed by atoms with E-state index in [1.165, 1.54) is 28.9 Å². The molecule has 0 aliphatic carbocycles. The third-order valence-electron chi connectivity index (χ3n) is 2.64. The van der Waals surface area contributed by atoms with Crippen LogP contribution in [0.4, 0.5) is 0 Å². The Morgan fingerprint density at radius 3 is 2.75 bits per heavy atom. The van der Waals surface area contributed by atoms with E-state index in [0.717, 1.165) is 5.75 Å². The van der Waals surface area contributed by atoms with Gasteiger partial charge in [0, 0.05) is 5.75 Å². The van der Waals surface area contributed by atoms with Gasteiger partial charge in [0.1, 0.15) is 0 Å². The first-order valence-corrected chi connectivity index (χ1v) is 6.95. The minimum Gasteiger partial charge on any atom is -0.271 e. The van der Waals surface area contributed by atoms with E-state index in [4.69, 9.17) is 5.84 Å². The van der Waals surface area contributed by atoms with Crippen molar-refractivity contribution in [3.63, 3.8) is 0 Å². The monoisotopic (exact) mass is 238 g/mol. The molecule has 3 N–H and O–H groups in total. The number of thioether (sulfide) groups is 1. The van der Waals surface area contributed by atoms with Gasteiger partial charge in [-0.1, -0.05) is 30.7 Å². The Labute approximate surface area is 103 Å². The van der Waals surface area contributed by atoms with Gasteiger partial charge in [0.05, 0.1) is 6.04 Å². The summed E-state index contributed by atoms with van der Waals surface area (Å²) >= 11 is 1.95. The van der Waals surface area contributed by atoms with Crippen LogP contribution in [0.1, 0.15) is 36.1 Å². The lowest BCUT2D eigenvalue weighted by Gasteiger charge is -2.18. The number of nitrogens with one attached hydrogen (secondary N) is 1. The maximum Gasteiger partial charge on any atom is 0.0553 e. The van der Waals surface area contributed by atoms with E-state index in [-0.39, 0.29) is 6.04 Å². The molecule has 3 heteroatoms. The fraction of sp³-hybridized carbons (Fsp3) is 0.538. The molecule has 0 saturated carbocycles. The van der Waals surface area contributed by atoms with E-state index in [1.54, 1.807) is 0 Å². The standard InChI is InChI=1S/C13H22N2S/c1-4-7-16-9-13(15-14)12-8-10(2)5-6-11(12)3/h5-6,8,13,15H,4,7,9,14H2,1-3H3. The molecule has 2 nitrogen and oxygen atoms in total. The van der Waals surface area contributed by atoms with Crippen molar-refractivity contribution in [2.45, 2.75) is 33.2 Å². The van der Waals surface area contributed by atoms with Gasteiger partial charge < -0.3 is 0 Å². The molecule has 0 bridgehead atoms. The molecule has 1 unspecified atom stereocenters. The maximum absolute atomic E-state index is 5.64. The number of hydrogen-bond acceptors (Lipinski definition) is 3. The third kappa shape index (κ3) is 3.81. The average molecular weight is 238 g/mol. The number of nitrogens with two attached hydrogens (primary N) is 1. The molecular formula is C13H22N2S. The van der Waals surface area contributed by atoms with E-state index in [1.807, 2.05) is 11.8 Å². The first kappa shape index (κ1) is 13.6. The van der Waals surface area contributed by atoms with Gasteiger partial charge in [0.15, 0.2) is 0 Å². The summed E-state index contributed by atoms with van der Waals surface area (Å²) < 4.78 is 0. The van der Waals surface area contributed by atoms with Crippen LogP contribution in [0.25, 0.3) is 0 Å². The zero-order valence-electron chi connectivity index (χ0n) is 10.4. The van der Waals surface area contributed by atoms with Gasteiger partial charge in [-0.25, -0.2) is 0 Å². The average Bonchev–Trinajstić information content (AvgIpc) is 2.28. The molecule has 0 amide bonds. The molecule has 16 heavy (non-hydrogen) atoms. The molecule has 1 aromatic rings. The van der Waals surface area contributed by atoms with Crippen LogP contribution in [0, 0.1) is 13.8 Å². The van der Waals surface area contributed by atoms with Crippen LogP contribution in [0.3, 0.4) is 0 Å². The van der Waals surface area contributed by atoms with Crippen molar-refractivity contribution in [1.29, 1.82) is 0 Å². The minimum absolute atomic E-state index is 0.261. The fourth-order valence-electron chi connectivity index (χ4n) is 1.71. The molecule has 0 saturated heterocycles. The Morgan fingerprint density at radius 1 is 1.38 bits per heavy atom. The van der Waals surface area contributed by atoms with Crippen molar-refractivity contribution in [1.82, 2.24) is 5.43 Å². The maximum atomic E-state index is 5.64. The predicted octanol–water partition coefficient (Wildman–Crippen LogP) is 2.95. The van der Waals surface area contributed by atoms with Crippen molar-refractivity contribution in [2.75, 3.05) is 11.5 Å². The van der Waals surface area contributed by atoms with Crippen molar-refractivity contribution < 1.29 is 0 Å². The van der Waals surface area contributed by atoms with Gasteiger partial charge in [0.2, 0.25) is 0 Å². The SMILES string of the molecule is CCCSCC(NN)c1cc(C)ccc1C. The zero-order valence-corrected chi connectivity index (χ0v) is 11.2. The van der Waals surface area contributed by atoms with Crippen molar-refractivity contribution in [3.8, 4) is 0 Å². The normalized spacial score (nSPS) is 12.8. The lowest BCUT2D eigenvalue weighted by molar-refractivity contribution is 0.607. The second-order valence-electron chi connectivity index (χ2n) is 4.15. The highest BCUT2D eigenvalue weighted by atomic mass is 32.2. The number of rotatable bonds is 6. The van der Waals surface area contributed by atoms with Crippen LogP contribution in [-0.2, 0) is 0 Å². The summed E-state index contributed by atoms with van der Waals surface area (Å²) in [5, 5.41) is 0. The van der Waals surface area contributed by atoms with Crippen molar-refractivity contribution >= 4 is 11.8 Å². The van der Waals surface area contributed by atoms with Crippen LogP contribution in [0.5, 0.6) is 0 Å².